The Balaban J connectivity index is 1.34. The molecule has 1 aliphatic carbocycles. The van der Waals surface area contributed by atoms with Crippen LogP contribution in [0.5, 0.6) is 28.7 Å². The van der Waals surface area contributed by atoms with E-state index >= 15 is 0 Å². The van der Waals surface area contributed by atoms with Gasteiger partial charge in [-0.2, -0.15) is 0 Å². The predicted octanol–water partition coefficient (Wildman–Crippen LogP) is 2.21. The van der Waals surface area contributed by atoms with Crippen molar-refractivity contribution in [2.75, 3.05) is 21.0 Å². The second-order valence-corrected chi connectivity index (χ2v) is 13.4. The number of methoxy groups -OCH3 is 2. The maximum atomic E-state index is 14.4. The molecule has 2 aromatic carbocycles. The van der Waals surface area contributed by atoms with E-state index in [1.165, 1.54) is 51.9 Å². The molecule has 2 amide bonds. The van der Waals surface area contributed by atoms with Crippen molar-refractivity contribution in [3.63, 3.8) is 0 Å². The second-order valence-electron chi connectivity index (χ2n) is 13.0. The van der Waals surface area contributed by atoms with Crippen LogP contribution in [0.3, 0.4) is 0 Å². The van der Waals surface area contributed by atoms with Crippen molar-refractivity contribution in [3.8, 4) is 28.7 Å². The van der Waals surface area contributed by atoms with Gasteiger partial charge < -0.3 is 39.4 Å². The number of halogens is 1. The normalized spacial score (nSPS) is 19.8. The number of allylic oxidation sites excluding steroid dienone is 1. The van der Waals surface area contributed by atoms with Crippen molar-refractivity contribution in [1.82, 2.24) is 19.8 Å². The van der Waals surface area contributed by atoms with Crippen molar-refractivity contribution >= 4 is 35.0 Å². The van der Waals surface area contributed by atoms with Gasteiger partial charge in [0.1, 0.15) is 28.1 Å². The summed E-state index contributed by atoms with van der Waals surface area (Å²) >= 11 is 6.59. The zero-order chi connectivity index (χ0) is 38.5. The van der Waals surface area contributed by atoms with Gasteiger partial charge in [0.15, 0.2) is 28.8 Å². The topological polar surface area (TPSA) is 203 Å². The predicted molar refractivity (Wildman–Crippen MR) is 187 cm³/mol. The molecule has 3 aromatic rings. The Kier molecular flexibility index (Phi) is 9.76. The second kappa shape index (κ2) is 14.0. The Hall–Kier alpha value is -5.77. The molecule has 0 radical (unpaired) electrons. The fourth-order valence-electron chi connectivity index (χ4n) is 6.88. The van der Waals surface area contributed by atoms with Crippen LogP contribution in [0.15, 0.2) is 51.3 Å². The van der Waals surface area contributed by atoms with Crippen molar-refractivity contribution in [3.05, 3.63) is 84.3 Å². The highest BCUT2D eigenvalue weighted by molar-refractivity contribution is 6.35. The first-order valence-corrected chi connectivity index (χ1v) is 16.9. The van der Waals surface area contributed by atoms with Gasteiger partial charge in [0, 0.05) is 62.2 Å². The van der Waals surface area contributed by atoms with E-state index in [1.54, 1.807) is 25.1 Å². The van der Waals surface area contributed by atoms with E-state index in [1.807, 2.05) is 0 Å². The van der Waals surface area contributed by atoms with E-state index in [-0.39, 0.29) is 58.9 Å². The molecule has 1 spiro atoms. The van der Waals surface area contributed by atoms with Crippen LogP contribution in [0.1, 0.15) is 54.2 Å². The van der Waals surface area contributed by atoms with Crippen LogP contribution in [-0.4, -0.2) is 70.3 Å². The summed E-state index contributed by atoms with van der Waals surface area (Å²) in [6, 6.07) is 6.29. The van der Waals surface area contributed by atoms with Crippen LogP contribution in [-0.2, 0) is 35.0 Å². The van der Waals surface area contributed by atoms with Crippen LogP contribution >= 0.6 is 11.6 Å². The van der Waals surface area contributed by atoms with Crippen molar-refractivity contribution in [1.29, 1.82) is 0 Å². The molecule has 53 heavy (non-hydrogen) atoms. The number of carbonyl (C=O) groups excluding carboxylic acids is 4. The minimum absolute atomic E-state index is 0.0390. The number of nitrogens with one attached hydrogen (secondary N) is 2. The third kappa shape index (κ3) is 6.15. The molecule has 16 nitrogen and oxygen atoms in total. The van der Waals surface area contributed by atoms with E-state index < -0.39 is 70.3 Å². The highest BCUT2D eigenvalue weighted by Crippen LogP contribution is 2.56. The number of benzene rings is 2. The molecule has 17 heteroatoms. The molecule has 0 bridgehead atoms. The standard InChI is InChI=1S/C36H37ClN4O12/c1-16-9-21(42)28(32(45)36(16)33(46)29-24(49-5)13-25(50-6)30(37)31(29)53-36)20(18-7-8-22-23(10-18)52-15-51-22)12-26(43)39-17(2)34(47)38-14-19-11-27(44)41(4)35(48)40(19)3/h7-8,10-11,13,16-17,20,45H,9,12,14-15H2,1-6H3,(H,38,47)(H,39,43). The molecule has 1 aromatic heterocycles. The minimum Gasteiger partial charge on any atom is -0.507 e. The van der Waals surface area contributed by atoms with Gasteiger partial charge in [-0.25, -0.2) is 4.79 Å². The molecule has 3 N–H and O–H groups in total. The van der Waals surface area contributed by atoms with Gasteiger partial charge >= 0.3 is 5.69 Å². The minimum atomic E-state index is -2.11. The number of aliphatic hydroxyl groups is 1. The summed E-state index contributed by atoms with van der Waals surface area (Å²) in [4.78, 5) is 79.5. The third-order valence-electron chi connectivity index (χ3n) is 9.89. The van der Waals surface area contributed by atoms with Gasteiger partial charge in [-0.1, -0.05) is 24.6 Å². The van der Waals surface area contributed by atoms with Gasteiger partial charge in [0.05, 0.1) is 20.8 Å². The number of fused-ring (bicyclic) bond motifs is 2. The van der Waals surface area contributed by atoms with Gasteiger partial charge in [-0.15, -0.1) is 0 Å². The van der Waals surface area contributed by atoms with E-state index in [9.17, 15) is 33.9 Å². The molecule has 0 fully saturated rings. The summed E-state index contributed by atoms with van der Waals surface area (Å²) in [5.74, 6) is -4.39. The SMILES string of the molecule is COc1cc(OC)c2c(c1Cl)OC1(C2=O)C(O)=C(C(CC(=O)NC(C)C(=O)NCc2cc(=O)n(C)c(=O)n2C)c2ccc3c(c2)OCO3)C(=O)CC1C. The Morgan fingerprint density at radius 3 is 2.43 bits per heavy atom. The van der Waals surface area contributed by atoms with Gasteiger partial charge in [0.2, 0.25) is 30.0 Å². The van der Waals surface area contributed by atoms with Crippen LogP contribution in [0, 0.1) is 5.92 Å². The lowest BCUT2D eigenvalue weighted by Crippen LogP contribution is -2.53. The number of aromatic nitrogens is 2. The first-order valence-electron chi connectivity index (χ1n) is 16.5. The number of Topliss-reactive ketones (excluding diaryl/α,β-unsaturated/α-hetero) is 2. The number of nitrogens with zero attached hydrogens (tertiary/aromatic N) is 2. The summed E-state index contributed by atoms with van der Waals surface area (Å²) in [5.41, 5.74) is -2.90. The Bertz CT molecular complexity index is 2230. The fraction of sp³-hybridized carbons (Fsp3) is 0.389. The zero-order valence-corrected chi connectivity index (χ0v) is 30.4. The van der Waals surface area contributed by atoms with E-state index in [4.69, 9.17) is 35.3 Å². The first kappa shape index (κ1) is 37.0. The van der Waals surface area contributed by atoms with Crippen LogP contribution < -0.4 is 45.6 Å². The molecule has 4 unspecified atom stereocenters. The van der Waals surface area contributed by atoms with Crippen LogP contribution in [0.2, 0.25) is 5.02 Å². The summed E-state index contributed by atoms with van der Waals surface area (Å²) in [5, 5.41) is 17.3. The number of carbonyl (C=O) groups is 4. The van der Waals surface area contributed by atoms with Crippen molar-refractivity contribution in [2.24, 2.45) is 20.0 Å². The Morgan fingerprint density at radius 1 is 1.04 bits per heavy atom. The van der Waals surface area contributed by atoms with Crippen LogP contribution in [0.25, 0.3) is 0 Å². The molecule has 3 aliphatic rings. The molecule has 0 saturated carbocycles. The lowest BCUT2D eigenvalue weighted by molar-refractivity contribution is -0.129. The molecule has 4 atom stereocenters. The summed E-state index contributed by atoms with van der Waals surface area (Å²) in [6.45, 7) is 2.79. The van der Waals surface area contributed by atoms with Crippen molar-refractivity contribution < 1.29 is 48.0 Å². The lowest BCUT2D eigenvalue weighted by atomic mass is 9.69. The number of amides is 2. The highest BCUT2D eigenvalue weighted by Gasteiger charge is 2.61. The number of hydrogen-bond acceptors (Lipinski definition) is 12. The maximum Gasteiger partial charge on any atom is 0.330 e. The highest BCUT2D eigenvalue weighted by atomic mass is 35.5. The summed E-state index contributed by atoms with van der Waals surface area (Å²) in [7, 11) is 5.51. The third-order valence-corrected chi connectivity index (χ3v) is 10.2. The molecule has 2 aliphatic heterocycles. The average Bonchev–Trinajstić information content (AvgIpc) is 3.73. The molecule has 0 saturated heterocycles. The molecule has 6 rings (SSSR count). The lowest BCUT2D eigenvalue weighted by Gasteiger charge is -2.38. The quantitative estimate of drug-likeness (QED) is 0.273. The largest absolute Gasteiger partial charge is 0.507 e. The molecule has 280 valence electrons. The number of ether oxygens (including phenoxy) is 5. The monoisotopic (exact) mass is 752 g/mol. The Morgan fingerprint density at radius 2 is 1.74 bits per heavy atom. The number of rotatable bonds is 10. The smallest absolute Gasteiger partial charge is 0.330 e. The van der Waals surface area contributed by atoms with Crippen LogP contribution in [0.4, 0.5) is 0 Å². The van der Waals surface area contributed by atoms with Crippen molar-refractivity contribution in [2.45, 2.75) is 50.8 Å². The zero-order valence-electron chi connectivity index (χ0n) is 29.7. The van der Waals surface area contributed by atoms with Gasteiger partial charge in [0.25, 0.3) is 5.56 Å². The number of aliphatic hydroxyl groups excluding tert-OH is 1. The summed E-state index contributed by atoms with van der Waals surface area (Å²) < 4.78 is 30.2. The fourth-order valence-corrected chi connectivity index (χ4v) is 7.15. The maximum absolute atomic E-state index is 14.4. The van der Waals surface area contributed by atoms with Gasteiger partial charge in [-0.05, 0) is 24.6 Å². The van der Waals surface area contributed by atoms with E-state index in [0.717, 1.165) is 4.57 Å². The Labute approximate surface area is 307 Å². The number of ketones is 2. The average molecular weight is 753 g/mol. The summed E-state index contributed by atoms with van der Waals surface area (Å²) in [6.07, 6.45) is -0.710. The van der Waals surface area contributed by atoms with Gasteiger partial charge in [-0.3, -0.25) is 33.1 Å². The first-order chi connectivity index (χ1) is 25.1. The van der Waals surface area contributed by atoms with E-state index in [0.29, 0.717) is 17.1 Å². The molecular weight excluding hydrogens is 716 g/mol. The van der Waals surface area contributed by atoms with E-state index in [2.05, 4.69) is 10.6 Å². The number of hydrogen-bond donors (Lipinski definition) is 3. The molecular formula is C36H37ClN4O12. The molecule has 3 heterocycles.